The minimum absolute atomic E-state index is 0.183. The van der Waals surface area contributed by atoms with Gasteiger partial charge in [0.1, 0.15) is 11.6 Å². The van der Waals surface area contributed by atoms with Gasteiger partial charge in [0.25, 0.3) is 0 Å². The van der Waals surface area contributed by atoms with Crippen LogP contribution in [0.4, 0.5) is 10.1 Å². The van der Waals surface area contributed by atoms with Gasteiger partial charge < -0.3 is 9.30 Å². The first-order chi connectivity index (χ1) is 15.0. The van der Waals surface area contributed by atoms with Gasteiger partial charge in [0.15, 0.2) is 0 Å². The fourth-order valence-corrected chi connectivity index (χ4v) is 4.32. The van der Waals surface area contributed by atoms with Crippen LogP contribution in [0.2, 0.25) is 0 Å². The third-order valence-corrected chi connectivity index (χ3v) is 5.70. The monoisotopic (exact) mass is 418 g/mol. The second kappa shape index (κ2) is 7.46. The van der Waals surface area contributed by atoms with Crippen molar-refractivity contribution in [1.82, 2.24) is 14.5 Å². The molecule has 0 fully saturated rings. The molecule has 4 aromatic rings. The molecule has 0 amide bonds. The second-order valence-corrected chi connectivity index (χ2v) is 7.56. The van der Waals surface area contributed by atoms with Crippen molar-refractivity contribution in [2.24, 2.45) is 0 Å². The molecule has 3 heterocycles. The molecule has 0 N–H and O–H groups in total. The Balaban J connectivity index is 1.56. The number of hydrogen-bond acceptors (Lipinski definition) is 5. The van der Waals surface area contributed by atoms with Crippen LogP contribution in [0.1, 0.15) is 23.4 Å². The SMILES string of the molecule is COc1cc(F)c([N+](=O)[O-])cc1Cc1nccc(-c2cn3c4c(cccc24)CCC3)n1. The average molecular weight is 418 g/mol. The van der Waals surface area contributed by atoms with E-state index in [-0.39, 0.29) is 12.2 Å². The molecule has 156 valence electrons. The van der Waals surface area contributed by atoms with Crippen molar-refractivity contribution in [3.63, 3.8) is 0 Å². The summed E-state index contributed by atoms with van der Waals surface area (Å²) < 4.78 is 21.5. The normalized spacial score (nSPS) is 12.8. The number of ether oxygens (including phenoxy) is 1. The number of para-hydroxylation sites is 1. The van der Waals surface area contributed by atoms with Crippen LogP contribution in [0, 0.1) is 15.9 Å². The van der Waals surface area contributed by atoms with Crippen molar-refractivity contribution in [2.75, 3.05) is 7.11 Å². The van der Waals surface area contributed by atoms with Gasteiger partial charge >= 0.3 is 5.69 Å². The first kappa shape index (κ1) is 19.2. The van der Waals surface area contributed by atoms with E-state index in [1.54, 1.807) is 6.20 Å². The molecule has 5 rings (SSSR count). The van der Waals surface area contributed by atoms with Gasteiger partial charge in [0, 0.05) is 54.0 Å². The summed E-state index contributed by atoms with van der Waals surface area (Å²) in [6, 6.07) is 10.4. The summed E-state index contributed by atoms with van der Waals surface area (Å²) in [5, 5.41) is 12.3. The predicted molar refractivity (Wildman–Crippen MR) is 114 cm³/mol. The largest absolute Gasteiger partial charge is 0.496 e. The molecule has 2 aromatic heterocycles. The predicted octanol–water partition coefficient (Wildman–Crippen LogP) is 4.69. The lowest BCUT2D eigenvalue weighted by atomic mass is 10.0. The molecule has 0 saturated carbocycles. The maximum Gasteiger partial charge on any atom is 0.305 e. The summed E-state index contributed by atoms with van der Waals surface area (Å²) in [4.78, 5) is 19.4. The van der Waals surface area contributed by atoms with Crippen LogP contribution in [0.15, 0.2) is 48.8 Å². The number of hydrogen-bond donors (Lipinski definition) is 0. The van der Waals surface area contributed by atoms with Crippen molar-refractivity contribution in [2.45, 2.75) is 25.8 Å². The van der Waals surface area contributed by atoms with Gasteiger partial charge in [-0.1, -0.05) is 18.2 Å². The molecule has 0 saturated heterocycles. The van der Waals surface area contributed by atoms with Crippen molar-refractivity contribution in [1.29, 1.82) is 0 Å². The number of nitro groups is 1. The van der Waals surface area contributed by atoms with E-state index in [9.17, 15) is 14.5 Å². The Bertz CT molecular complexity index is 1330. The summed E-state index contributed by atoms with van der Waals surface area (Å²) in [6.07, 6.45) is 6.16. The zero-order chi connectivity index (χ0) is 21.5. The zero-order valence-electron chi connectivity index (χ0n) is 16.8. The molecule has 0 unspecified atom stereocenters. The fourth-order valence-electron chi connectivity index (χ4n) is 4.32. The molecular weight excluding hydrogens is 399 g/mol. The number of aryl methyl sites for hydroxylation is 2. The molecule has 8 heteroatoms. The Morgan fingerprint density at radius 3 is 2.97 bits per heavy atom. The first-order valence-corrected chi connectivity index (χ1v) is 9.99. The van der Waals surface area contributed by atoms with Crippen LogP contribution in [0.5, 0.6) is 5.75 Å². The molecule has 1 aliphatic heterocycles. The standard InChI is InChI=1S/C23H19FN4O3/c1-31-21-12-18(24)20(28(29)30)10-15(21)11-22-25-8-7-19(26-22)17-13-27-9-3-5-14-4-2-6-16(17)23(14)27/h2,4,6-8,10,12-13H,3,5,9,11H2,1H3. The third-order valence-electron chi connectivity index (χ3n) is 5.70. The molecule has 7 nitrogen and oxygen atoms in total. The molecule has 0 aliphatic carbocycles. The van der Waals surface area contributed by atoms with Crippen LogP contribution in [-0.2, 0) is 19.4 Å². The Morgan fingerprint density at radius 1 is 1.29 bits per heavy atom. The molecule has 0 spiro atoms. The van der Waals surface area contributed by atoms with Gasteiger partial charge in [-0.25, -0.2) is 9.97 Å². The van der Waals surface area contributed by atoms with Crippen molar-refractivity contribution < 1.29 is 14.1 Å². The summed E-state index contributed by atoms with van der Waals surface area (Å²) >= 11 is 0. The number of halogens is 1. The topological polar surface area (TPSA) is 83.1 Å². The molecule has 2 aromatic carbocycles. The van der Waals surface area contributed by atoms with Crippen molar-refractivity contribution >= 4 is 16.6 Å². The Hall–Kier alpha value is -3.81. The van der Waals surface area contributed by atoms with Gasteiger partial charge in [-0.2, -0.15) is 4.39 Å². The minimum Gasteiger partial charge on any atom is -0.496 e. The molecule has 0 atom stereocenters. The number of aromatic nitrogens is 3. The van der Waals surface area contributed by atoms with E-state index < -0.39 is 16.4 Å². The van der Waals surface area contributed by atoms with Crippen molar-refractivity contribution in [3.8, 4) is 17.0 Å². The molecular formula is C23H19FN4O3. The van der Waals surface area contributed by atoms with Crippen LogP contribution < -0.4 is 4.74 Å². The lowest BCUT2D eigenvalue weighted by molar-refractivity contribution is -0.387. The number of methoxy groups -OCH3 is 1. The summed E-state index contributed by atoms with van der Waals surface area (Å²) in [7, 11) is 1.40. The molecule has 31 heavy (non-hydrogen) atoms. The lowest BCUT2D eigenvalue weighted by Crippen LogP contribution is -2.05. The summed E-state index contributed by atoms with van der Waals surface area (Å²) in [5.41, 5.74) is 4.26. The van der Waals surface area contributed by atoms with Gasteiger partial charge in [-0.15, -0.1) is 0 Å². The zero-order valence-corrected chi connectivity index (χ0v) is 16.8. The van der Waals surface area contributed by atoms with Crippen LogP contribution in [0.3, 0.4) is 0 Å². The second-order valence-electron chi connectivity index (χ2n) is 7.56. The van der Waals surface area contributed by atoms with Crippen LogP contribution >= 0.6 is 0 Å². The Kier molecular flexibility index (Phi) is 4.62. The minimum atomic E-state index is -0.936. The number of nitro benzene ring substituents is 1. The van der Waals surface area contributed by atoms with Gasteiger partial charge in [0.05, 0.1) is 23.2 Å². The highest BCUT2D eigenvalue weighted by Gasteiger charge is 2.21. The fraction of sp³-hybridized carbons (Fsp3) is 0.217. The molecule has 1 aliphatic rings. The van der Waals surface area contributed by atoms with E-state index in [2.05, 4.69) is 33.9 Å². The maximum absolute atomic E-state index is 14.0. The van der Waals surface area contributed by atoms with E-state index in [1.165, 1.54) is 24.3 Å². The summed E-state index contributed by atoms with van der Waals surface area (Å²) in [5.74, 6) is -0.234. The highest BCUT2D eigenvalue weighted by molar-refractivity contribution is 5.97. The number of rotatable bonds is 5. The maximum atomic E-state index is 14.0. The quantitative estimate of drug-likeness (QED) is 0.347. The lowest BCUT2D eigenvalue weighted by Gasteiger charge is -2.14. The molecule has 0 radical (unpaired) electrons. The van der Waals surface area contributed by atoms with Gasteiger partial charge in [0.2, 0.25) is 5.82 Å². The van der Waals surface area contributed by atoms with E-state index in [1.807, 2.05) is 6.07 Å². The van der Waals surface area contributed by atoms with Crippen molar-refractivity contribution in [3.05, 3.63) is 81.7 Å². The Morgan fingerprint density at radius 2 is 2.16 bits per heavy atom. The van der Waals surface area contributed by atoms with Gasteiger partial charge in [-0.3, -0.25) is 10.1 Å². The first-order valence-electron chi connectivity index (χ1n) is 9.99. The number of benzene rings is 2. The molecule has 0 bridgehead atoms. The van der Waals surface area contributed by atoms with Crippen LogP contribution in [-0.4, -0.2) is 26.6 Å². The highest BCUT2D eigenvalue weighted by Crippen LogP contribution is 2.35. The Labute approximate surface area is 177 Å². The number of nitrogens with zero attached hydrogens (tertiary/aromatic N) is 4. The van der Waals surface area contributed by atoms with E-state index in [4.69, 9.17) is 9.72 Å². The van der Waals surface area contributed by atoms with E-state index in [0.717, 1.165) is 42.1 Å². The van der Waals surface area contributed by atoms with E-state index >= 15 is 0 Å². The van der Waals surface area contributed by atoms with E-state index in [0.29, 0.717) is 11.4 Å². The average Bonchev–Trinajstić information content (AvgIpc) is 3.15. The highest BCUT2D eigenvalue weighted by atomic mass is 19.1. The third kappa shape index (κ3) is 3.30. The van der Waals surface area contributed by atoms with Gasteiger partial charge in [-0.05, 0) is 24.5 Å². The smallest absolute Gasteiger partial charge is 0.305 e. The van der Waals surface area contributed by atoms with Crippen LogP contribution in [0.25, 0.3) is 22.2 Å². The summed E-state index contributed by atoms with van der Waals surface area (Å²) in [6.45, 7) is 0.974.